The Balaban J connectivity index is 3.17. The number of sulfonamides is 1. The molecule has 1 aromatic carbocycles. The molecule has 0 saturated carbocycles. The number of methoxy groups -OCH3 is 1. The van der Waals surface area contributed by atoms with Crippen molar-refractivity contribution in [2.24, 2.45) is 0 Å². The Hall–Kier alpha value is -1.64. The normalized spacial score (nSPS) is 13.1. The van der Waals surface area contributed by atoms with Crippen molar-refractivity contribution < 1.29 is 23.1 Å². The average molecular weight is 330 g/mol. The molecule has 124 valence electrons. The molecule has 8 heteroatoms. The number of rotatable bonds is 8. The standard InChI is InChI=1S/C14H22N2O5S/c1-9(2)16-22(19,20)11-5-6-13(12(7-11)14(17)18)15-10(3)8-21-4/h5-7,9-10,15-16H,8H2,1-4H3,(H,17,18)/t10-/m0/s1. The molecule has 0 spiro atoms. The van der Waals surface area contributed by atoms with E-state index in [2.05, 4.69) is 10.0 Å². The van der Waals surface area contributed by atoms with E-state index < -0.39 is 16.0 Å². The molecule has 7 nitrogen and oxygen atoms in total. The monoisotopic (exact) mass is 330 g/mol. The molecule has 0 aromatic heterocycles. The summed E-state index contributed by atoms with van der Waals surface area (Å²) < 4.78 is 31.6. The maximum absolute atomic E-state index is 12.1. The summed E-state index contributed by atoms with van der Waals surface area (Å²) in [7, 11) is -2.19. The minimum atomic E-state index is -3.74. The van der Waals surface area contributed by atoms with Gasteiger partial charge in [0.15, 0.2) is 0 Å². The van der Waals surface area contributed by atoms with Gasteiger partial charge in [0.05, 0.1) is 17.1 Å². The lowest BCUT2D eigenvalue weighted by Gasteiger charge is -2.17. The largest absolute Gasteiger partial charge is 0.478 e. The molecular weight excluding hydrogens is 308 g/mol. The Morgan fingerprint density at radius 2 is 1.95 bits per heavy atom. The topological polar surface area (TPSA) is 105 Å². The minimum Gasteiger partial charge on any atom is -0.478 e. The summed E-state index contributed by atoms with van der Waals surface area (Å²) >= 11 is 0. The van der Waals surface area contributed by atoms with Gasteiger partial charge in [0, 0.05) is 24.9 Å². The van der Waals surface area contributed by atoms with Crippen LogP contribution in [0.5, 0.6) is 0 Å². The maximum atomic E-state index is 12.1. The van der Waals surface area contributed by atoms with Gasteiger partial charge in [0.1, 0.15) is 0 Å². The number of nitrogens with one attached hydrogen (secondary N) is 2. The van der Waals surface area contributed by atoms with E-state index in [9.17, 15) is 18.3 Å². The molecule has 0 unspecified atom stereocenters. The number of aromatic carboxylic acids is 1. The van der Waals surface area contributed by atoms with Crippen LogP contribution >= 0.6 is 0 Å². The van der Waals surface area contributed by atoms with Crippen LogP contribution < -0.4 is 10.0 Å². The Bertz CT molecular complexity index is 628. The summed E-state index contributed by atoms with van der Waals surface area (Å²) in [5.41, 5.74) is 0.245. The van der Waals surface area contributed by atoms with Crippen LogP contribution in [-0.2, 0) is 14.8 Å². The summed E-state index contributed by atoms with van der Waals surface area (Å²) in [6, 6.07) is 3.58. The second kappa shape index (κ2) is 7.57. The molecule has 3 N–H and O–H groups in total. The van der Waals surface area contributed by atoms with Crippen LogP contribution in [0.1, 0.15) is 31.1 Å². The van der Waals surface area contributed by atoms with Crippen LogP contribution in [0.25, 0.3) is 0 Å². The molecule has 22 heavy (non-hydrogen) atoms. The second-order valence-corrected chi connectivity index (χ2v) is 7.00. The molecule has 0 radical (unpaired) electrons. The molecule has 1 atom stereocenters. The van der Waals surface area contributed by atoms with Crippen LogP contribution in [0, 0.1) is 0 Å². The van der Waals surface area contributed by atoms with Gasteiger partial charge in [-0.2, -0.15) is 0 Å². The van der Waals surface area contributed by atoms with E-state index in [-0.39, 0.29) is 22.5 Å². The van der Waals surface area contributed by atoms with E-state index in [1.807, 2.05) is 6.92 Å². The van der Waals surface area contributed by atoms with Crippen molar-refractivity contribution in [1.29, 1.82) is 0 Å². The zero-order chi connectivity index (χ0) is 16.9. The van der Waals surface area contributed by atoms with Crippen molar-refractivity contribution in [2.75, 3.05) is 19.0 Å². The Labute approximate surface area is 130 Å². The van der Waals surface area contributed by atoms with Crippen molar-refractivity contribution in [3.05, 3.63) is 23.8 Å². The molecule has 1 aromatic rings. The van der Waals surface area contributed by atoms with E-state index in [1.54, 1.807) is 21.0 Å². The van der Waals surface area contributed by atoms with Crippen LogP contribution in [-0.4, -0.2) is 45.3 Å². The first-order chi connectivity index (χ1) is 10.2. The lowest BCUT2D eigenvalue weighted by molar-refractivity contribution is 0.0697. The van der Waals surface area contributed by atoms with E-state index in [4.69, 9.17) is 4.74 Å². The van der Waals surface area contributed by atoms with Crippen molar-refractivity contribution in [3.8, 4) is 0 Å². The number of benzene rings is 1. The Morgan fingerprint density at radius 3 is 2.45 bits per heavy atom. The molecule has 0 bridgehead atoms. The Kier molecular flexibility index (Phi) is 6.34. The number of hydrogen-bond acceptors (Lipinski definition) is 5. The van der Waals surface area contributed by atoms with Gasteiger partial charge in [-0.05, 0) is 39.0 Å². The highest BCUT2D eigenvalue weighted by molar-refractivity contribution is 7.89. The summed E-state index contributed by atoms with van der Waals surface area (Å²) in [4.78, 5) is 11.3. The second-order valence-electron chi connectivity index (χ2n) is 5.29. The van der Waals surface area contributed by atoms with Crippen LogP contribution in [0.15, 0.2) is 23.1 Å². The summed E-state index contributed by atoms with van der Waals surface area (Å²) in [6.45, 7) is 5.62. The van der Waals surface area contributed by atoms with Gasteiger partial charge in [-0.15, -0.1) is 0 Å². The van der Waals surface area contributed by atoms with Crippen molar-refractivity contribution in [1.82, 2.24) is 4.72 Å². The highest BCUT2D eigenvalue weighted by atomic mass is 32.2. The van der Waals surface area contributed by atoms with Gasteiger partial charge < -0.3 is 15.2 Å². The van der Waals surface area contributed by atoms with Crippen molar-refractivity contribution in [2.45, 2.75) is 37.8 Å². The lowest BCUT2D eigenvalue weighted by atomic mass is 10.1. The van der Waals surface area contributed by atoms with Gasteiger partial charge in [-0.25, -0.2) is 17.9 Å². The van der Waals surface area contributed by atoms with Gasteiger partial charge in [-0.1, -0.05) is 0 Å². The molecule has 1 rings (SSSR count). The van der Waals surface area contributed by atoms with Crippen LogP contribution in [0.4, 0.5) is 5.69 Å². The number of carboxylic acid groups (broad SMARTS) is 1. The van der Waals surface area contributed by atoms with E-state index >= 15 is 0 Å². The quantitative estimate of drug-likeness (QED) is 0.667. The number of hydrogen-bond donors (Lipinski definition) is 3. The summed E-state index contributed by atoms with van der Waals surface area (Å²) in [5, 5.41) is 12.3. The minimum absolute atomic E-state index is 0.0801. The third-order valence-electron chi connectivity index (χ3n) is 2.74. The molecule has 0 aliphatic carbocycles. The fourth-order valence-electron chi connectivity index (χ4n) is 1.93. The lowest BCUT2D eigenvalue weighted by Crippen LogP contribution is -2.30. The fourth-order valence-corrected chi connectivity index (χ4v) is 3.21. The van der Waals surface area contributed by atoms with Crippen molar-refractivity contribution in [3.63, 3.8) is 0 Å². The fraction of sp³-hybridized carbons (Fsp3) is 0.500. The van der Waals surface area contributed by atoms with Crippen LogP contribution in [0.2, 0.25) is 0 Å². The number of ether oxygens (including phenoxy) is 1. The van der Waals surface area contributed by atoms with E-state index in [1.165, 1.54) is 12.1 Å². The molecule has 0 fully saturated rings. The number of anilines is 1. The first-order valence-corrected chi connectivity index (χ1v) is 8.31. The molecule has 0 amide bonds. The molecule has 0 saturated heterocycles. The first-order valence-electron chi connectivity index (χ1n) is 6.82. The Morgan fingerprint density at radius 1 is 1.32 bits per heavy atom. The summed E-state index contributed by atoms with van der Waals surface area (Å²) in [6.07, 6.45) is 0. The highest BCUT2D eigenvalue weighted by Crippen LogP contribution is 2.21. The maximum Gasteiger partial charge on any atom is 0.337 e. The molecular formula is C14H22N2O5S. The van der Waals surface area contributed by atoms with Crippen molar-refractivity contribution >= 4 is 21.7 Å². The SMILES string of the molecule is COC[C@H](C)Nc1ccc(S(=O)(=O)NC(C)C)cc1C(=O)O. The van der Waals surface area contributed by atoms with Gasteiger partial charge in [0.25, 0.3) is 0 Å². The van der Waals surface area contributed by atoms with Gasteiger partial charge in [0.2, 0.25) is 10.0 Å². The molecule has 0 aliphatic rings. The predicted molar refractivity (Wildman–Crippen MR) is 83.8 cm³/mol. The highest BCUT2D eigenvalue weighted by Gasteiger charge is 2.20. The van der Waals surface area contributed by atoms with E-state index in [0.29, 0.717) is 12.3 Å². The van der Waals surface area contributed by atoms with Gasteiger partial charge >= 0.3 is 5.97 Å². The molecule has 0 aliphatic heterocycles. The zero-order valence-corrected chi connectivity index (χ0v) is 13.9. The number of carboxylic acids is 1. The van der Waals surface area contributed by atoms with Gasteiger partial charge in [-0.3, -0.25) is 0 Å². The summed E-state index contributed by atoms with van der Waals surface area (Å²) in [5.74, 6) is -1.20. The molecule has 0 heterocycles. The van der Waals surface area contributed by atoms with E-state index in [0.717, 1.165) is 6.07 Å². The van der Waals surface area contributed by atoms with Crippen LogP contribution in [0.3, 0.4) is 0 Å². The third-order valence-corrected chi connectivity index (χ3v) is 4.40. The smallest absolute Gasteiger partial charge is 0.337 e. The zero-order valence-electron chi connectivity index (χ0n) is 13.1. The first kappa shape index (κ1) is 18.4. The average Bonchev–Trinajstić information content (AvgIpc) is 2.37. The predicted octanol–water partition coefficient (Wildman–Crippen LogP) is 1.52. The number of carbonyl (C=O) groups is 1. The third kappa shape index (κ3) is 4.97.